The number of phenolic OH excluding ortho intramolecular Hbond substituents is 1. The number of hydrogen-bond donors (Lipinski definition) is 8. The predicted octanol–water partition coefficient (Wildman–Crippen LogP) is -0.637. The van der Waals surface area contributed by atoms with E-state index in [0.717, 1.165) is 6.42 Å². The van der Waals surface area contributed by atoms with Crippen LogP contribution in [-0.2, 0) is 32.0 Å². The zero-order valence-corrected chi connectivity index (χ0v) is 20.3. The Hall–Kier alpha value is -3.81. The number of carbonyl (C=O) groups excluding carboxylic acids is 4. The quantitative estimate of drug-likeness (QED) is 0.181. The van der Waals surface area contributed by atoms with Crippen molar-refractivity contribution in [1.82, 2.24) is 5.32 Å². The lowest BCUT2D eigenvalue weighted by Crippen LogP contribution is -2.65. The number of benzene rings is 1. The molecule has 12 nitrogen and oxygen atoms in total. The number of hydrogen-bond acceptors (Lipinski definition) is 10. The normalized spacial score (nSPS) is 30.4. The van der Waals surface area contributed by atoms with Gasteiger partial charge in [-0.3, -0.25) is 19.2 Å². The lowest BCUT2D eigenvalue weighted by Gasteiger charge is -2.48. The molecule has 0 bridgehead atoms. The topological polar surface area (TPSA) is 225 Å². The van der Waals surface area contributed by atoms with E-state index in [0.29, 0.717) is 6.54 Å². The Bertz CT molecular complexity index is 1400. The Balaban J connectivity index is 1.67. The molecule has 1 aromatic carbocycles. The molecular weight excluding hydrogens is 503 g/mol. The molecule has 202 valence electrons. The lowest BCUT2D eigenvalue weighted by atomic mass is 9.58. The van der Waals surface area contributed by atoms with Crippen LogP contribution in [0.3, 0.4) is 0 Å². The van der Waals surface area contributed by atoms with E-state index >= 15 is 4.39 Å². The number of fused-ring (bicyclic) bond motifs is 4. The van der Waals surface area contributed by atoms with Gasteiger partial charge in [-0.05, 0) is 31.7 Å². The highest BCUT2D eigenvalue weighted by atomic mass is 19.1. The third kappa shape index (κ3) is 3.25. The Morgan fingerprint density at radius 2 is 1.87 bits per heavy atom. The molecule has 0 radical (unpaired) electrons. The Kier molecular flexibility index (Phi) is 5.85. The number of nitrogens with two attached hydrogens (primary N) is 2. The van der Waals surface area contributed by atoms with Crippen LogP contribution in [0.2, 0.25) is 0 Å². The van der Waals surface area contributed by atoms with E-state index in [1.165, 1.54) is 0 Å². The molecule has 1 saturated carbocycles. The van der Waals surface area contributed by atoms with Gasteiger partial charge >= 0.3 is 0 Å². The van der Waals surface area contributed by atoms with Gasteiger partial charge in [0.15, 0.2) is 17.1 Å². The van der Waals surface area contributed by atoms with Gasteiger partial charge in [0, 0.05) is 29.0 Å². The molecule has 0 aromatic heterocycles. The molecular formula is C25H27FN4O8. The van der Waals surface area contributed by atoms with Crippen molar-refractivity contribution in [2.45, 2.75) is 50.3 Å². The average Bonchev–Trinajstić information content (AvgIpc) is 2.86. The van der Waals surface area contributed by atoms with Crippen LogP contribution in [0.4, 0.5) is 10.1 Å². The fourth-order valence-corrected chi connectivity index (χ4v) is 6.18. The van der Waals surface area contributed by atoms with Crippen LogP contribution < -0.4 is 22.1 Å². The standard InChI is InChI=1S/C25H27FN4O8/c1-2-3-29-11-6-9-15(26)8-4-7-5-10-16(27)19(32)14(23(28)36)22(35)25(10,38)21(34)12(7)18(31)13(8)20(33)17(9)30-24(11)37/h7,10-11,16,29,31,33,35,38H,2-6,27H2,1H3,(H2,28,36)(H,30,37)/t7-,10-,11?,16-,25-/m0/s1. The van der Waals surface area contributed by atoms with Crippen LogP contribution in [-0.4, -0.2) is 68.0 Å². The molecule has 5 rings (SSSR count). The molecule has 5 atom stereocenters. The van der Waals surface area contributed by atoms with Gasteiger partial charge in [0.1, 0.15) is 22.9 Å². The molecule has 1 fully saturated rings. The highest BCUT2D eigenvalue weighted by Crippen LogP contribution is 2.53. The van der Waals surface area contributed by atoms with Gasteiger partial charge in [-0.25, -0.2) is 4.39 Å². The lowest BCUT2D eigenvalue weighted by molar-refractivity contribution is -0.149. The highest BCUT2D eigenvalue weighted by molar-refractivity contribution is 6.24. The third-order valence-electron chi connectivity index (χ3n) is 8.06. The maximum Gasteiger partial charge on any atom is 0.255 e. The molecule has 13 heteroatoms. The smallest absolute Gasteiger partial charge is 0.255 e. The molecule has 10 N–H and O–H groups in total. The van der Waals surface area contributed by atoms with E-state index in [1.807, 2.05) is 6.92 Å². The van der Waals surface area contributed by atoms with Crippen molar-refractivity contribution < 1.29 is 44.0 Å². The monoisotopic (exact) mass is 530 g/mol. The molecule has 0 saturated heterocycles. The van der Waals surface area contributed by atoms with Crippen molar-refractivity contribution in [3.05, 3.63) is 39.4 Å². The number of anilines is 1. The summed E-state index contributed by atoms with van der Waals surface area (Å²) in [7, 11) is 0. The number of aromatic hydroxyl groups is 1. The maximum absolute atomic E-state index is 15.9. The zero-order chi connectivity index (χ0) is 27.8. The molecule has 1 aromatic rings. The summed E-state index contributed by atoms with van der Waals surface area (Å²) in [6, 6.07) is -2.33. The number of halogens is 1. The third-order valence-corrected chi connectivity index (χ3v) is 8.06. The Morgan fingerprint density at radius 1 is 1.18 bits per heavy atom. The fraction of sp³-hybridized carbons (Fsp3) is 0.440. The van der Waals surface area contributed by atoms with E-state index in [2.05, 4.69) is 10.6 Å². The van der Waals surface area contributed by atoms with Crippen LogP contribution >= 0.6 is 0 Å². The van der Waals surface area contributed by atoms with Gasteiger partial charge in [0.2, 0.25) is 11.7 Å². The molecule has 1 aliphatic heterocycles. The summed E-state index contributed by atoms with van der Waals surface area (Å²) in [5.41, 5.74) is 6.09. The summed E-state index contributed by atoms with van der Waals surface area (Å²) < 4.78 is 15.9. The minimum absolute atomic E-state index is 0.0283. The summed E-state index contributed by atoms with van der Waals surface area (Å²) in [4.78, 5) is 50.6. The second-order valence-electron chi connectivity index (χ2n) is 10.1. The van der Waals surface area contributed by atoms with E-state index in [9.17, 15) is 39.6 Å². The maximum atomic E-state index is 15.9. The van der Waals surface area contributed by atoms with E-state index in [4.69, 9.17) is 11.5 Å². The van der Waals surface area contributed by atoms with Gasteiger partial charge in [-0.1, -0.05) is 6.92 Å². The number of primary amides is 1. The number of carbonyl (C=O) groups is 4. The molecule has 1 unspecified atom stereocenters. The molecule has 0 spiro atoms. The Labute approximate surface area is 215 Å². The van der Waals surface area contributed by atoms with Gasteiger partial charge in [0.25, 0.3) is 5.91 Å². The SMILES string of the molecule is CCCNC1Cc2c(F)c3c(c(O)c2NC1=O)C(O)=C1C(=O)[C@]2(O)C(O)=C(C(N)=O)C(=O)[C@@H](N)[C@@H]2C[C@@H]1C3. The average molecular weight is 531 g/mol. The second kappa shape index (κ2) is 8.61. The largest absolute Gasteiger partial charge is 0.508 e. The molecule has 38 heavy (non-hydrogen) atoms. The first-order valence-electron chi connectivity index (χ1n) is 12.2. The number of phenols is 1. The summed E-state index contributed by atoms with van der Waals surface area (Å²) >= 11 is 0. The Morgan fingerprint density at radius 3 is 2.50 bits per heavy atom. The number of amides is 2. The van der Waals surface area contributed by atoms with Crippen LogP contribution in [0.25, 0.3) is 5.76 Å². The minimum Gasteiger partial charge on any atom is -0.508 e. The molecule has 4 aliphatic rings. The van der Waals surface area contributed by atoms with Gasteiger partial charge < -0.3 is 42.5 Å². The van der Waals surface area contributed by atoms with Crippen LogP contribution in [0.15, 0.2) is 16.9 Å². The first kappa shape index (κ1) is 25.8. The van der Waals surface area contributed by atoms with Crippen molar-refractivity contribution in [1.29, 1.82) is 0 Å². The highest BCUT2D eigenvalue weighted by Gasteiger charge is 2.63. The summed E-state index contributed by atoms with van der Waals surface area (Å²) in [5, 5.41) is 49.7. The van der Waals surface area contributed by atoms with Crippen LogP contribution in [0.1, 0.15) is 36.5 Å². The molecule has 2 amide bonds. The van der Waals surface area contributed by atoms with E-state index in [-0.39, 0.29) is 36.1 Å². The van der Waals surface area contributed by atoms with Crippen LogP contribution in [0.5, 0.6) is 5.75 Å². The first-order chi connectivity index (χ1) is 17.9. The van der Waals surface area contributed by atoms with Crippen molar-refractivity contribution in [3.8, 4) is 5.75 Å². The van der Waals surface area contributed by atoms with Gasteiger partial charge in [0.05, 0.1) is 23.3 Å². The fourth-order valence-electron chi connectivity index (χ4n) is 6.18. The van der Waals surface area contributed by atoms with Gasteiger partial charge in [-0.2, -0.15) is 0 Å². The van der Waals surface area contributed by atoms with Crippen molar-refractivity contribution in [2.24, 2.45) is 23.3 Å². The number of nitrogens with one attached hydrogen (secondary N) is 2. The van der Waals surface area contributed by atoms with Crippen LogP contribution in [0, 0.1) is 17.7 Å². The number of rotatable bonds is 4. The number of aliphatic hydroxyl groups excluding tert-OH is 2. The predicted molar refractivity (Wildman–Crippen MR) is 129 cm³/mol. The van der Waals surface area contributed by atoms with Crippen molar-refractivity contribution in [2.75, 3.05) is 11.9 Å². The molecule has 3 aliphatic carbocycles. The molecule has 1 heterocycles. The first-order valence-corrected chi connectivity index (χ1v) is 12.2. The summed E-state index contributed by atoms with van der Waals surface area (Å²) in [6.45, 7) is 2.41. The van der Waals surface area contributed by atoms with E-state index < -0.39 is 92.7 Å². The summed E-state index contributed by atoms with van der Waals surface area (Å²) in [6.07, 6.45) is 0.216. The number of Topliss-reactive ketones (excluding diaryl/α,β-unsaturated/α-hetero) is 2. The number of ketones is 2. The second-order valence-corrected chi connectivity index (χ2v) is 10.1. The zero-order valence-electron chi connectivity index (χ0n) is 20.3. The summed E-state index contributed by atoms with van der Waals surface area (Å²) in [5.74, 6) is -10.1. The minimum atomic E-state index is -2.86. The van der Waals surface area contributed by atoms with E-state index in [1.54, 1.807) is 0 Å². The van der Waals surface area contributed by atoms with Crippen molar-refractivity contribution in [3.63, 3.8) is 0 Å². The van der Waals surface area contributed by atoms with Gasteiger partial charge in [-0.15, -0.1) is 0 Å². The van der Waals surface area contributed by atoms with Crippen molar-refractivity contribution >= 4 is 34.8 Å². The number of aliphatic hydroxyl groups is 3.